The maximum Gasteiger partial charge on any atom is 0.0714 e. The van der Waals surface area contributed by atoms with Crippen molar-refractivity contribution in [1.82, 2.24) is 0 Å². The molecule has 12 rings (SSSR count). The zero-order chi connectivity index (χ0) is 40.0. The molecular formula is C58H41NS. The van der Waals surface area contributed by atoms with Crippen molar-refractivity contribution in [2.24, 2.45) is 0 Å². The zero-order valence-electron chi connectivity index (χ0n) is 33.6. The number of rotatable bonds is 6. The van der Waals surface area contributed by atoms with Crippen LogP contribution in [-0.4, -0.2) is 0 Å². The van der Waals surface area contributed by atoms with Crippen molar-refractivity contribution >= 4 is 48.6 Å². The largest absolute Gasteiger partial charge is 0.310 e. The first kappa shape index (κ1) is 35.0. The van der Waals surface area contributed by atoms with Crippen LogP contribution in [0, 0.1) is 0 Å². The fraction of sp³-hybridized carbons (Fsp3) is 0.0690. The molecule has 10 aromatic rings. The molecule has 0 bridgehead atoms. The molecule has 0 N–H and O–H groups in total. The summed E-state index contributed by atoms with van der Waals surface area (Å²) in [5.41, 5.74) is 18.2. The van der Waals surface area contributed by atoms with Crippen molar-refractivity contribution in [3.63, 3.8) is 0 Å². The summed E-state index contributed by atoms with van der Waals surface area (Å²) in [5.74, 6) is 0. The van der Waals surface area contributed by atoms with Gasteiger partial charge in [-0.3, -0.25) is 0 Å². The van der Waals surface area contributed by atoms with Gasteiger partial charge in [0.05, 0.1) is 11.1 Å². The first-order valence-electron chi connectivity index (χ1n) is 20.9. The van der Waals surface area contributed by atoms with Crippen LogP contribution in [0.4, 0.5) is 17.1 Å². The van der Waals surface area contributed by atoms with Crippen molar-refractivity contribution in [3.8, 4) is 33.4 Å². The van der Waals surface area contributed by atoms with Gasteiger partial charge < -0.3 is 4.90 Å². The van der Waals surface area contributed by atoms with E-state index in [1.54, 1.807) is 0 Å². The third-order valence-electron chi connectivity index (χ3n) is 13.3. The molecule has 9 aromatic carbocycles. The zero-order valence-corrected chi connectivity index (χ0v) is 34.4. The lowest BCUT2D eigenvalue weighted by atomic mass is 9.67. The molecule has 0 saturated heterocycles. The first-order valence-corrected chi connectivity index (χ1v) is 21.7. The Balaban J connectivity index is 1.20. The maximum absolute atomic E-state index is 2.55. The number of hydrogen-bond donors (Lipinski definition) is 0. The highest BCUT2D eigenvalue weighted by Crippen LogP contribution is 2.59. The van der Waals surface area contributed by atoms with Crippen molar-refractivity contribution in [2.75, 3.05) is 4.90 Å². The molecule has 0 fully saturated rings. The lowest BCUT2D eigenvalue weighted by Crippen LogP contribution is -2.28. The minimum Gasteiger partial charge on any atom is -0.310 e. The van der Waals surface area contributed by atoms with Gasteiger partial charge in [-0.25, -0.2) is 0 Å². The molecule has 60 heavy (non-hydrogen) atoms. The van der Waals surface area contributed by atoms with E-state index in [4.69, 9.17) is 0 Å². The van der Waals surface area contributed by atoms with E-state index in [0.717, 1.165) is 17.1 Å². The molecule has 2 aliphatic rings. The number of fused-ring (bicyclic) bond motifs is 9. The van der Waals surface area contributed by atoms with Gasteiger partial charge in [-0.05, 0) is 104 Å². The van der Waals surface area contributed by atoms with Gasteiger partial charge in [0.2, 0.25) is 0 Å². The molecule has 1 aromatic heterocycles. The molecule has 2 heteroatoms. The molecule has 2 aliphatic carbocycles. The van der Waals surface area contributed by atoms with Gasteiger partial charge >= 0.3 is 0 Å². The van der Waals surface area contributed by atoms with Crippen LogP contribution in [0.5, 0.6) is 0 Å². The minimum absolute atomic E-state index is 0.152. The van der Waals surface area contributed by atoms with Crippen LogP contribution in [0.15, 0.2) is 212 Å². The number of anilines is 3. The Kier molecular flexibility index (Phi) is 7.73. The number of hydrogen-bond acceptors (Lipinski definition) is 2. The smallest absolute Gasteiger partial charge is 0.0714 e. The van der Waals surface area contributed by atoms with Crippen LogP contribution in [0.1, 0.15) is 47.2 Å². The normalized spacial score (nSPS) is 14.1. The van der Waals surface area contributed by atoms with E-state index in [-0.39, 0.29) is 5.41 Å². The topological polar surface area (TPSA) is 3.24 Å². The Hall–Kier alpha value is -7.00. The quantitative estimate of drug-likeness (QED) is 0.162. The van der Waals surface area contributed by atoms with Crippen LogP contribution in [0.3, 0.4) is 0 Å². The molecule has 0 unspecified atom stereocenters. The fourth-order valence-electron chi connectivity index (χ4n) is 10.6. The molecular weight excluding hydrogens is 743 g/mol. The molecule has 0 spiro atoms. The predicted octanol–water partition coefficient (Wildman–Crippen LogP) is 15.9. The number of nitrogens with zero attached hydrogens (tertiary/aromatic N) is 1. The van der Waals surface area contributed by atoms with E-state index in [9.17, 15) is 0 Å². The summed E-state index contributed by atoms with van der Waals surface area (Å²) in [6.45, 7) is 4.76. The van der Waals surface area contributed by atoms with E-state index in [1.807, 2.05) is 11.3 Å². The predicted molar refractivity (Wildman–Crippen MR) is 254 cm³/mol. The minimum atomic E-state index is -0.541. The first-order chi connectivity index (χ1) is 29.5. The van der Waals surface area contributed by atoms with Gasteiger partial charge in [0.1, 0.15) is 0 Å². The summed E-state index contributed by atoms with van der Waals surface area (Å²) in [6.07, 6.45) is 0. The van der Waals surface area contributed by atoms with E-state index < -0.39 is 5.41 Å². The molecule has 0 amide bonds. The van der Waals surface area contributed by atoms with Crippen molar-refractivity contribution < 1.29 is 0 Å². The van der Waals surface area contributed by atoms with Crippen LogP contribution in [0.2, 0.25) is 0 Å². The van der Waals surface area contributed by atoms with Crippen molar-refractivity contribution in [2.45, 2.75) is 24.7 Å². The molecule has 0 atom stereocenters. The maximum atomic E-state index is 2.55. The van der Waals surface area contributed by atoms with Gasteiger partial charge in [-0.1, -0.05) is 184 Å². The summed E-state index contributed by atoms with van der Waals surface area (Å²) < 4.78 is 2.59. The third kappa shape index (κ3) is 4.98. The van der Waals surface area contributed by atoms with Crippen molar-refractivity contribution in [1.29, 1.82) is 0 Å². The SMILES string of the molecule is CC1(C)c2ccccc2-c2ccc(N(c3ccc4c(c3)sc3ccccc34)c3cc4c(cc3-c3ccccc3)-c3ccccc3C4(c3ccccc3)c3ccccc3)cc21. The van der Waals surface area contributed by atoms with Gasteiger partial charge in [0.15, 0.2) is 0 Å². The monoisotopic (exact) mass is 783 g/mol. The standard InChI is InChI=1S/C58H41NS/c1-57(2)50-27-15-12-24-43(50)45-32-30-41(34-52(45)57)59(42-31-33-47-46-26-14-17-29-55(46)60-56(47)35-42)54-37-53-49(36-48(54)38-18-6-3-7-19-38)44-25-13-16-28-51(44)58(53,39-20-8-4-9-21-39)40-22-10-5-11-23-40/h3-37H,1-2H3. The molecule has 1 nitrogen and oxygen atoms in total. The summed E-state index contributed by atoms with van der Waals surface area (Å²) in [5, 5.41) is 2.60. The van der Waals surface area contributed by atoms with Crippen LogP contribution >= 0.6 is 11.3 Å². The average molecular weight is 784 g/mol. The second-order valence-corrected chi connectivity index (χ2v) is 17.9. The summed E-state index contributed by atoms with van der Waals surface area (Å²) in [6, 6.07) is 79.4. The third-order valence-corrected chi connectivity index (χ3v) is 14.5. The van der Waals surface area contributed by atoms with Crippen molar-refractivity contribution in [3.05, 3.63) is 246 Å². The van der Waals surface area contributed by atoms with Gasteiger partial charge in [-0.2, -0.15) is 0 Å². The van der Waals surface area contributed by atoms with Gasteiger partial charge in [0, 0.05) is 42.5 Å². The molecule has 284 valence electrons. The van der Waals surface area contributed by atoms with E-state index >= 15 is 0 Å². The van der Waals surface area contributed by atoms with E-state index in [1.165, 1.54) is 86.9 Å². The van der Waals surface area contributed by atoms with Crippen LogP contribution in [-0.2, 0) is 10.8 Å². The fourth-order valence-corrected chi connectivity index (χ4v) is 11.8. The van der Waals surface area contributed by atoms with Gasteiger partial charge in [-0.15, -0.1) is 11.3 Å². The van der Waals surface area contributed by atoms with E-state index in [0.29, 0.717) is 0 Å². The highest BCUT2D eigenvalue weighted by molar-refractivity contribution is 7.25. The Bertz CT molecular complexity index is 3250. The lowest BCUT2D eigenvalue weighted by Gasteiger charge is -2.35. The highest BCUT2D eigenvalue weighted by atomic mass is 32.1. The molecule has 0 saturated carbocycles. The molecule has 0 aliphatic heterocycles. The Morgan fingerprint density at radius 2 is 0.917 bits per heavy atom. The lowest BCUT2D eigenvalue weighted by molar-refractivity contribution is 0.660. The molecule has 0 radical (unpaired) electrons. The Morgan fingerprint density at radius 1 is 0.367 bits per heavy atom. The van der Waals surface area contributed by atoms with Crippen LogP contribution in [0.25, 0.3) is 53.6 Å². The van der Waals surface area contributed by atoms with Gasteiger partial charge in [0.25, 0.3) is 0 Å². The number of thiophene rings is 1. The molecule has 1 heterocycles. The Morgan fingerprint density at radius 3 is 1.65 bits per heavy atom. The highest BCUT2D eigenvalue weighted by Gasteiger charge is 2.47. The second kappa shape index (κ2) is 13.3. The van der Waals surface area contributed by atoms with Crippen LogP contribution < -0.4 is 4.90 Å². The second-order valence-electron chi connectivity index (χ2n) is 16.8. The summed E-state index contributed by atoms with van der Waals surface area (Å²) in [4.78, 5) is 2.55. The van der Waals surface area contributed by atoms with E-state index in [2.05, 4.69) is 231 Å². The number of benzene rings is 9. The summed E-state index contributed by atoms with van der Waals surface area (Å²) in [7, 11) is 0. The Labute approximate surface area is 355 Å². The summed E-state index contributed by atoms with van der Waals surface area (Å²) >= 11 is 1.88. The average Bonchev–Trinajstić information content (AvgIpc) is 3.90.